The number of rotatable bonds is 5. The van der Waals surface area contributed by atoms with Crippen LogP contribution in [0, 0.1) is 0 Å². The highest BCUT2D eigenvalue weighted by Gasteiger charge is 2.03. The number of carbonyl (C=O) groups excluding carboxylic acids is 1. The summed E-state index contributed by atoms with van der Waals surface area (Å²) in [4.78, 5) is 10.4. The van der Waals surface area contributed by atoms with Gasteiger partial charge >= 0.3 is 0 Å². The zero-order valence-electron chi connectivity index (χ0n) is 11.7. The van der Waals surface area contributed by atoms with Crippen LogP contribution in [0.15, 0.2) is 30.5 Å². The molecule has 1 heterocycles. The summed E-state index contributed by atoms with van der Waals surface area (Å²) in [7, 11) is 2.00. The molecule has 0 atom stereocenters. The minimum atomic E-state index is 0.501. The Morgan fingerprint density at radius 2 is 2.00 bits per heavy atom. The SMILES string of the molecule is CCCCCCl.Cn1cc(CC=O)c2ccccc21. The van der Waals surface area contributed by atoms with Crippen LogP contribution in [0.4, 0.5) is 0 Å². The average molecular weight is 280 g/mol. The first-order valence-electron chi connectivity index (χ1n) is 6.77. The van der Waals surface area contributed by atoms with E-state index in [1.807, 2.05) is 36.0 Å². The molecule has 0 saturated heterocycles. The standard InChI is InChI=1S/C11H11NO.C5H11Cl/c1-12-8-9(6-7-13)10-4-2-3-5-11(10)12;1-2-3-4-5-6/h2-5,7-8H,6H2,1H3;2-5H2,1H3. The Morgan fingerprint density at radius 3 is 2.58 bits per heavy atom. The van der Waals surface area contributed by atoms with Crippen LogP contribution in [-0.4, -0.2) is 16.7 Å². The van der Waals surface area contributed by atoms with E-state index < -0.39 is 0 Å². The van der Waals surface area contributed by atoms with Crippen molar-refractivity contribution in [3.8, 4) is 0 Å². The van der Waals surface area contributed by atoms with Crippen LogP contribution in [0.25, 0.3) is 10.9 Å². The lowest BCUT2D eigenvalue weighted by Gasteiger charge is -1.93. The van der Waals surface area contributed by atoms with Crippen LogP contribution in [-0.2, 0) is 18.3 Å². The Kier molecular flexibility index (Phi) is 7.27. The summed E-state index contributed by atoms with van der Waals surface area (Å²) in [6.45, 7) is 2.17. The van der Waals surface area contributed by atoms with Gasteiger partial charge in [0.1, 0.15) is 6.29 Å². The summed E-state index contributed by atoms with van der Waals surface area (Å²) in [5.41, 5.74) is 2.28. The van der Waals surface area contributed by atoms with Gasteiger partial charge in [-0.05, 0) is 18.1 Å². The number of fused-ring (bicyclic) bond motifs is 1. The molecule has 0 N–H and O–H groups in total. The van der Waals surface area contributed by atoms with E-state index in [0.717, 1.165) is 17.7 Å². The summed E-state index contributed by atoms with van der Waals surface area (Å²) < 4.78 is 2.05. The molecule has 0 aliphatic heterocycles. The normalized spacial score (nSPS) is 10.1. The number of carbonyl (C=O) groups is 1. The van der Waals surface area contributed by atoms with Crippen LogP contribution in [0.5, 0.6) is 0 Å². The second kappa shape index (κ2) is 8.76. The van der Waals surface area contributed by atoms with Gasteiger partial charge in [-0.3, -0.25) is 0 Å². The summed E-state index contributed by atoms with van der Waals surface area (Å²) >= 11 is 5.38. The molecule has 2 nitrogen and oxygen atoms in total. The number of benzene rings is 1. The van der Waals surface area contributed by atoms with E-state index in [0.29, 0.717) is 6.42 Å². The average Bonchev–Trinajstić information content (AvgIpc) is 2.75. The molecule has 0 bridgehead atoms. The first-order valence-corrected chi connectivity index (χ1v) is 7.30. The Balaban J connectivity index is 0.000000258. The number of hydrogen-bond acceptors (Lipinski definition) is 1. The minimum Gasteiger partial charge on any atom is -0.350 e. The molecule has 0 aliphatic carbocycles. The van der Waals surface area contributed by atoms with E-state index in [2.05, 4.69) is 13.0 Å². The first kappa shape index (κ1) is 15.8. The second-order valence-electron chi connectivity index (χ2n) is 4.55. The molecule has 2 aromatic rings. The highest BCUT2D eigenvalue weighted by molar-refractivity contribution is 6.17. The number of nitrogens with zero attached hydrogens (tertiary/aromatic N) is 1. The van der Waals surface area contributed by atoms with Gasteiger partial charge < -0.3 is 9.36 Å². The molecule has 0 radical (unpaired) electrons. The summed E-state index contributed by atoms with van der Waals surface area (Å²) in [5, 5.41) is 1.18. The number of halogens is 1. The third-order valence-corrected chi connectivity index (χ3v) is 3.29. The van der Waals surface area contributed by atoms with Crippen molar-refractivity contribution >= 4 is 28.8 Å². The number of aromatic nitrogens is 1. The van der Waals surface area contributed by atoms with Crippen LogP contribution in [0.1, 0.15) is 31.7 Å². The van der Waals surface area contributed by atoms with E-state index in [4.69, 9.17) is 11.6 Å². The van der Waals surface area contributed by atoms with E-state index >= 15 is 0 Å². The van der Waals surface area contributed by atoms with Crippen LogP contribution in [0.2, 0.25) is 0 Å². The maximum atomic E-state index is 10.4. The number of para-hydroxylation sites is 1. The van der Waals surface area contributed by atoms with Crippen molar-refractivity contribution in [1.29, 1.82) is 0 Å². The quantitative estimate of drug-likeness (QED) is 0.453. The smallest absolute Gasteiger partial charge is 0.124 e. The molecule has 0 unspecified atom stereocenters. The van der Waals surface area contributed by atoms with Gasteiger partial charge in [-0.1, -0.05) is 38.0 Å². The predicted molar refractivity (Wildman–Crippen MR) is 82.9 cm³/mol. The monoisotopic (exact) mass is 279 g/mol. The predicted octanol–water partition coefficient (Wildman–Crippen LogP) is 4.34. The van der Waals surface area contributed by atoms with Gasteiger partial charge in [0.15, 0.2) is 0 Å². The molecule has 104 valence electrons. The molecule has 0 fully saturated rings. The number of hydrogen-bond donors (Lipinski definition) is 0. The summed E-state index contributed by atoms with van der Waals surface area (Å²) in [6, 6.07) is 8.11. The molecule has 0 amide bonds. The minimum absolute atomic E-state index is 0.501. The fourth-order valence-corrected chi connectivity index (χ4v) is 2.21. The molecule has 0 aliphatic rings. The van der Waals surface area contributed by atoms with Crippen molar-refractivity contribution < 1.29 is 4.79 Å². The zero-order valence-corrected chi connectivity index (χ0v) is 12.5. The fourth-order valence-electron chi connectivity index (χ4n) is 2.02. The first-order chi connectivity index (χ1) is 9.24. The Morgan fingerprint density at radius 1 is 1.26 bits per heavy atom. The van der Waals surface area contributed by atoms with Gasteiger partial charge in [0.05, 0.1) is 0 Å². The number of alkyl halides is 1. The van der Waals surface area contributed by atoms with Gasteiger partial charge in [-0.25, -0.2) is 0 Å². The highest BCUT2D eigenvalue weighted by atomic mass is 35.5. The van der Waals surface area contributed by atoms with Crippen LogP contribution in [0.3, 0.4) is 0 Å². The highest BCUT2D eigenvalue weighted by Crippen LogP contribution is 2.19. The van der Waals surface area contributed by atoms with Gasteiger partial charge in [0.25, 0.3) is 0 Å². The van der Waals surface area contributed by atoms with E-state index in [9.17, 15) is 4.79 Å². The van der Waals surface area contributed by atoms with Crippen molar-refractivity contribution in [3.63, 3.8) is 0 Å². The largest absolute Gasteiger partial charge is 0.350 e. The van der Waals surface area contributed by atoms with Crippen LogP contribution >= 0.6 is 11.6 Å². The molecular weight excluding hydrogens is 258 g/mol. The fraction of sp³-hybridized carbons (Fsp3) is 0.438. The number of unbranched alkanes of at least 4 members (excludes halogenated alkanes) is 2. The van der Waals surface area contributed by atoms with E-state index in [1.165, 1.54) is 30.2 Å². The van der Waals surface area contributed by atoms with Gasteiger partial charge in [0.2, 0.25) is 0 Å². The Labute approximate surface area is 120 Å². The summed E-state index contributed by atoms with van der Waals surface area (Å²) in [6.07, 6.45) is 7.19. The maximum Gasteiger partial charge on any atom is 0.124 e. The van der Waals surface area contributed by atoms with Crippen LogP contribution < -0.4 is 0 Å². The molecule has 1 aromatic carbocycles. The summed E-state index contributed by atoms with van der Waals surface area (Å²) in [5.74, 6) is 0.827. The molecule has 0 spiro atoms. The Bertz CT molecular complexity index is 500. The van der Waals surface area contributed by atoms with Crippen molar-refractivity contribution in [1.82, 2.24) is 4.57 Å². The molecule has 1 aromatic heterocycles. The molecule has 2 rings (SSSR count). The van der Waals surface area contributed by atoms with Crippen molar-refractivity contribution in [2.24, 2.45) is 7.05 Å². The topological polar surface area (TPSA) is 22.0 Å². The molecule has 19 heavy (non-hydrogen) atoms. The molecule has 3 heteroatoms. The lowest BCUT2D eigenvalue weighted by molar-refractivity contribution is -0.107. The Hall–Kier alpha value is -1.28. The third-order valence-electron chi connectivity index (χ3n) is 3.02. The lowest BCUT2D eigenvalue weighted by Crippen LogP contribution is -1.83. The lowest BCUT2D eigenvalue weighted by atomic mass is 10.1. The van der Waals surface area contributed by atoms with Crippen molar-refractivity contribution in [3.05, 3.63) is 36.0 Å². The van der Waals surface area contributed by atoms with Crippen molar-refractivity contribution in [2.45, 2.75) is 32.6 Å². The van der Waals surface area contributed by atoms with Gasteiger partial charge in [0, 0.05) is 36.4 Å². The maximum absolute atomic E-state index is 10.4. The van der Waals surface area contributed by atoms with E-state index in [1.54, 1.807) is 0 Å². The van der Waals surface area contributed by atoms with Gasteiger partial charge in [-0.15, -0.1) is 11.6 Å². The van der Waals surface area contributed by atoms with Crippen molar-refractivity contribution in [2.75, 3.05) is 5.88 Å². The number of aldehydes is 1. The zero-order chi connectivity index (χ0) is 14.1. The third kappa shape index (κ3) is 4.71. The number of aryl methyl sites for hydroxylation is 1. The molecule has 0 saturated carbocycles. The second-order valence-corrected chi connectivity index (χ2v) is 4.93. The van der Waals surface area contributed by atoms with E-state index in [-0.39, 0.29) is 0 Å². The van der Waals surface area contributed by atoms with Gasteiger partial charge in [-0.2, -0.15) is 0 Å². The molecular formula is C16H22ClNO.